The normalized spacial score (nSPS) is 17.9. The number of benzene rings is 1. The zero-order valence-corrected chi connectivity index (χ0v) is 13.7. The Bertz CT molecular complexity index is 746. The van der Waals surface area contributed by atoms with E-state index in [-0.39, 0.29) is 11.8 Å². The maximum absolute atomic E-state index is 12.4. The lowest BCUT2D eigenvalue weighted by Crippen LogP contribution is -2.40. The lowest BCUT2D eigenvalue weighted by atomic mass is 10.2. The van der Waals surface area contributed by atoms with Crippen LogP contribution in [0.5, 0.6) is 0 Å². The fraction of sp³-hybridized carbons (Fsp3) is 0.188. The predicted octanol–water partition coefficient (Wildman–Crippen LogP) is 2.73. The van der Waals surface area contributed by atoms with Crippen LogP contribution in [0.25, 0.3) is 6.08 Å². The summed E-state index contributed by atoms with van der Waals surface area (Å²) >= 11 is 7.59. The first-order valence-electron chi connectivity index (χ1n) is 7.08. The fourth-order valence-corrected chi connectivity index (χ4v) is 3.17. The van der Waals surface area contributed by atoms with Crippen LogP contribution in [0.15, 0.2) is 41.2 Å². The molecule has 1 saturated heterocycles. The highest BCUT2D eigenvalue weighted by Gasteiger charge is 2.33. The highest BCUT2D eigenvalue weighted by atomic mass is 35.5. The van der Waals surface area contributed by atoms with Gasteiger partial charge in [0.15, 0.2) is 0 Å². The van der Waals surface area contributed by atoms with Crippen molar-refractivity contribution in [2.24, 2.45) is 0 Å². The van der Waals surface area contributed by atoms with Crippen LogP contribution in [0.2, 0.25) is 5.02 Å². The second-order valence-corrected chi connectivity index (χ2v) is 6.16. The number of carbonyl (C=O) groups is 2. The van der Waals surface area contributed by atoms with Crippen LogP contribution in [0.1, 0.15) is 12.1 Å². The van der Waals surface area contributed by atoms with Crippen molar-refractivity contribution in [1.29, 1.82) is 0 Å². The Hall–Kier alpha value is -2.18. The van der Waals surface area contributed by atoms with Crippen molar-refractivity contribution in [3.05, 3.63) is 51.9 Å². The molecule has 1 N–H and O–H groups in total. The molecule has 0 spiro atoms. The van der Waals surface area contributed by atoms with E-state index < -0.39 is 6.04 Å². The molecule has 2 aromatic rings. The summed E-state index contributed by atoms with van der Waals surface area (Å²) in [5.74, 6) is -0.453. The van der Waals surface area contributed by atoms with Crippen molar-refractivity contribution in [3.8, 4) is 0 Å². The van der Waals surface area contributed by atoms with E-state index in [0.717, 1.165) is 5.69 Å². The van der Waals surface area contributed by atoms with Gasteiger partial charge in [0.2, 0.25) is 11.8 Å². The SMILES string of the molecule is O=C(/C=C\c1cscn1)N[C@@H]1CCN(c2ccccc2Cl)C1=O. The zero-order chi connectivity index (χ0) is 16.2. The van der Waals surface area contributed by atoms with E-state index >= 15 is 0 Å². The lowest BCUT2D eigenvalue weighted by molar-refractivity contribution is -0.123. The van der Waals surface area contributed by atoms with Gasteiger partial charge >= 0.3 is 0 Å². The highest BCUT2D eigenvalue weighted by molar-refractivity contribution is 7.07. The second-order valence-electron chi connectivity index (χ2n) is 5.04. The molecule has 1 aromatic carbocycles. The molecule has 23 heavy (non-hydrogen) atoms. The van der Waals surface area contributed by atoms with Crippen LogP contribution in [-0.4, -0.2) is 29.4 Å². The summed E-state index contributed by atoms with van der Waals surface area (Å²) in [5.41, 5.74) is 3.09. The maximum atomic E-state index is 12.4. The molecule has 2 amide bonds. The first-order valence-corrected chi connectivity index (χ1v) is 8.40. The molecule has 3 rings (SSSR count). The Labute approximate surface area is 142 Å². The van der Waals surface area contributed by atoms with Crippen molar-refractivity contribution >= 4 is 46.5 Å². The number of aromatic nitrogens is 1. The average Bonchev–Trinajstić information content (AvgIpc) is 3.17. The first kappa shape index (κ1) is 15.7. The lowest BCUT2D eigenvalue weighted by Gasteiger charge is -2.18. The number of hydrogen-bond acceptors (Lipinski definition) is 4. The highest BCUT2D eigenvalue weighted by Crippen LogP contribution is 2.28. The van der Waals surface area contributed by atoms with Crippen LogP contribution in [0, 0.1) is 0 Å². The van der Waals surface area contributed by atoms with E-state index in [1.165, 1.54) is 17.4 Å². The fourth-order valence-electron chi connectivity index (χ4n) is 2.41. The molecule has 0 aliphatic carbocycles. The topological polar surface area (TPSA) is 62.3 Å². The number of halogens is 1. The van der Waals surface area contributed by atoms with Gasteiger partial charge in [-0.2, -0.15) is 0 Å². The molecule has 5 nitrogen and oxygen atoms in total. The van der Waals surface area contributed by atoms with Gasteiger partial charge in [-0.15, -0.1) is 11.3 Å². The molecule has 0 saturated carbocycles. The summed E-state index contributed by atoms with van der Waals surface area (Å²) in [7, 11) is 0. The molecule has 1 atom stereocenters. The molecule has 1 aromatic heterocycles. The summed E-state index contributed by atoms with van der Waals surface area (Å²) < 4.78 is 0. The van der Waals surface area contributed by atoms with Crippen molar-refractivity contribution in [1.82, 2.24) is 10.3 Å². The molecule has 1 aliphatic heterocycles. The number of thiazole rings is 1. The van der Waals surface area contributed by atoms with Gasteiger partial charge in [-0.1, -0.05) is 23.7 Å². The number of rotatable bonds is 4. The van der Waals surface area contributed by atoms with E-state index in [2.05, 4.69) is 10.3 Å². The van der Waals surface area contributed by atoms with Crippen molar-refractivity contribution < 1.29 is 9.59 Å². The van der Waals surface area contributed by atoms with E-state index in [9.17, 15) is 9.59 Å². The Morgan fingerprint density at radius 3 is 3.00 bits per heavy atom. The average molecular weight is 348 g/mol. The largest absolute Gasteiger partial charge is 0.341 e. The van der Waals surface area contributed by atoms with E-state index in [4.69, 9.17) is 11.6 Å². The molecule has 1 aliphatic rings. The zero-order valence-electron chi connectivity index (χ0n) is 12.1. The monoisotopic (exact) mass is 347 g/mol. The Morgan fingerprint density at radius 1 is 1.43 bits per heavy atom. The maximum Gasteiger partial charge on any atom is 0.249 e. The summed E-state index contributed by atoms with van der Waals surface area (Å²) in [5, 5.41) is 5.09. The minimum atomic E-state index is -0.529. The molecule has 0 bridgehead atoms. The van der Waals surface area contributed by atoms with Crippen molar-refractivity contribution in [2.45, 2.75) is 12.5 Å². The van der Waals surface area contributed by atoms with Crippen LogP contribution in [-0.2, 0) is 9.59 Å². The molecule has 0 radical (unpaired) electrons. The summed E-state index contributed by atoms with van der Waals surface area (Å²) in [6.45, 7) is 0.531. The molecule has 1 fully saturated rings. The standard InChI is InChI=1S/C16H14ClN3O2S/c17-12-3-1-2-4-14(12)20-8-7-13(16(20)22)19-15(21)6-5-11-9-23-10-18-11/h1-6,9-10,13H,7-8H2,(H,19,21)/b6-5-/t13-/m1/s1. The summed E-state index contributed by atoms with van der Waals surface area (Å²) in [6, 6.07) is 6.66. The van der Waals surface area contributed by atoms with Crippen LogP contribution < -0.4 is 10.2 Å². The summed E-state index contributed by atoms with van der Waals surface area (Å²) in [6.07, 6.45) is 3.57. The quantitative estimate of drug-likeness (QED) is 0.865. The van der Waals surface area contributed by atoms with Crippen LogP contribution >= 0.6 is 22.9 Å². The Kier molecular flexibility index (Phi) is 4.73. The first-order chi connectivity index (χ1) is 11.1. The molecular weight excluding hydrogens is 334 g/mol. The number of carbonyl (C=O) groups excluding carboxylic acids is 2. The third-order valence-corrected chi connectivity index (χ3v) is 4.45. The van der Waals surface area contributed by atoms with Gasteiger partial charge in [0.1, 0.15) is 6.04 Å². The van der Waals surface area contributed by atoms with Crippen molar-refractivity contribution in [2.75, 3.05) is 11.4 Å². The molecule has 0 unspecified atom stereocenters. The van der Waals surface area contributed by atoms with Crippen LogP contribution in [0.4, 0.5) is 5.69 Å². The van der Waals surface area contributed by atoms with Crippen molar-refractivity contribution in [3.63, 3.8) is 0 Å². The van der Waals surface area contributed by atoms with Gasteiger partial charge in [0.25, 0.3) is 0 Å². The number of para-hydroxylation sites is 1. The molecule has 7 heteroatoms. The molecule has 2 heterocycles. The summed E-state index contributed by atoms with van der Waals surface area (Å²) in [4.78, 5) is 30.0. The minimum absolute atomic E-state index is 0.145. The minimum Gasteiger partial charge on any atom is -0.341 e. The molecule has 118 valence electrons. The Morgan fingerprint density at radius 2 is 2.26 bits per heavy atom. The molecular formula is C16H14ClN3O2S. The van der Waals surface area contributed by atoms with Gasteiger partial charge < -0.3 is 10.2 Å². The van der Waals surface area contributed by atoms with Gasteiger partial charge in [0, 0.05) is 18.0 Å². The van der Waals surface area contributed by atoms with E-state index in [0.29, 0.717) is 23.7 Å². The smallest absolute Gasteiger partial charge is 0.249 e. The van der Waals surface area contributed by atoms with Gasteiger partial charge in [-0.3, -0.25) is 9.59 Å². The Balaban J connectivity index is 1.63. The van der Waals surface area contributed by atoms with E-state index in [1.54, 1.807) is 28.6 Å². The van der Waals surface area contributed by atoms with Crippen LogP contribution in [0.3, 0.4) is 0 Å². The van der Waals surface area contributed by atoms with Gasteiger partial charge in [-0.25, -0.2) is 4.98 Å². The number of nitrogens with zero attached hydrogens (tertiary/aromatic N) is 2. The van der Waals surface area contributed by atoms with Gasteiger partial charge in [0.05, 0.1) is 21.9 Å². The predicted molar refractivity (Wildman–Crippen MR) is 91.5 cm³/mol. The van der Waals surface area contributed by atoms with Gasteiger partial charge in [-0.05, 0) is 24.6 Å². The number of anilines is 1. The number of amides is 2. The third kappa shape index (κ3) is 3.60. The van der Waals surface area contributed by atoms with E-state index in [1.807, 2.05) is 17.5 Å². The third-order valence-electron chi connectivity index (χ3n) is 3.52. The number of nitrogens with one attached hydrogen (secondary N) is 1. The number of hydrogen-bond donors (Lipinski definition) is 1. The second kappa shape index (κ2) is 6.93.